The number of hydrogen-bond donors (Lipinski definition) is 2. The molecule has 1 fully saturated rings. The van der Waals surface area contributed by atoms with Gasteiger partial charge in [0.2, 0.25) is 5.95 Å². The summed E-state index contributed by atoms with van der Waals surface area (Å²) < 4.78 is 0. The fourth-order valence-electron chi connectivity index (χ4n) is 3.21. The van der Waals surface area contributed by atoms with Gasteiger partial charge in [-0.15, -0.1) is 0 Å². The maximum absolute atomic E-state index is 11.9. The third-order valence-electron chi connectivity index (χ3n) is 4.51. The molecule has 26 heavy (non-hydrogen) atoms. The number of thioether (sulfide) groups is 1. The van der Waals surface area contributed by atoms with E-state index < -0.39 is 0 Å². The number of hydrogen-bond acceptors (Lipinski definition) is 5. The largest absolute Gasteiger partial charge is 0.371 e. The van der Waals surface area contributed by atoms with Crippen molar-refractivity contribution in [1.82, 2.24) is 9.97 Å². The van der Waals surface area contributed by atoms with Gasteiger partial charge in [0.15, 0.2) is 0 Å². The summed E-state index contributed by atoms with van der Waals surface area (Å²) >= 11 is 1.78. The second-order valence-electron chi connectivity index (χ2n) is 7.31. The van der Waals surface area contributed by atoms with Crippen LogP contribution in [0.1, 0.15) is 39.3 Å². The Morgan fingerprint density at radius 1 is 1.35 bits per heavy atom. The summed E-state index contributed by atoms with van der Waals surface area (Å²) in [5.41, 5.74) is 2.86. The van der Waals surface area contributed by atoms with Gasteiger partial charge in [0.1, 0.15) is 0 Å². The predicted octanol–water partition coefficient (Wildman–Crippen LogP) is 4.39. The smallest absolute Gasteiger partial charge is 0.252 e. The number of piperidine rings is 1. The van der Waals surface area contributed by atoms with Crippen LogP contribution in [0.5, 0.6) is 0 Å². The molecule has 1 aromatic heterocycles. The molecule has 2 heterocycles. The molecule has 1 aromatic carbocycles. The third-order valence-corrected chi connectivity index (χ3v) is 5.64. The maximum Gasteiger partial charge on any atom is 0.252 e. The van der Waals surface area contributed by atoms with E-state index in [1.54, 1.807) is 17.8 Å². The van der Waals surface area contributed by atoms with Crippen molar-refractivity contribution in [3.05, 3.63) is 46.4 Å². The molecule has 0 spiro atoms. The zero-order valence-corrected chi connectivity index (χ0v) is 16.6. The van der Waals surface area contributed by atoms with Crippen molar-refractivity contribution < 1.29 is 0 Å². The van der Waals surface area contributed by atoms with Crippen molar-refractivity contribution in [2.24, 2.45) is 5.92 Å². The summed E-state index contributed by atoms with van der Waals surface area (Å²) in [7, 11) is 0. The Morgan fingerprint density at radius 2 is 2.12 bits per heavy atom. The number of benzene rings is 1. The first kappa shape index (κ1) is 18.8. The molecule has 1 unspecified atom stereocenters. The third kappa shape index (κ3) is 5.27. The highest BCUT2D eigenvalue weighted by Crippen LogP contribution is 2.25. The summed E-state index contributed by atoms with van der Waals surface area (Å²) in [6, 6.07) is 9.93. The zero-order valence-electron chi connectivity index (χ0n) is 15.8. The molecule has 2 N–H and O–H groups in total. The molecule has 1 atom stereocenters. The Morgan fingerprint density at radius 3 is 2.81 bits per heavy atom. The number of rotatable bonds is 6. The van der Waals surface area contributed by atoms with Gasteiger partial charge < -0.3 is 10.2 Å². The Kier molecular flexibility index (Phi) is 6.25. The van der Waals surface area contributed by atoms with Gasteiger partial charge in [-0.1, -0.05) is 20.8 Å². The number of H-pyrrole nitrogens is 1. The van der Waals surface area contributed by atoms with Crippen LogP contribution in [-0.2, 0) is 5.75 Å². The summed E-state index contributed by atoms with van der Waals surface area (Å²) in [6.45, 7) is 8.84. The van der Waals surface area contributed by atoms with E-state index in [0.717, 1.165) is 36.1 Å². The maximum atomic E-state index is 11.9. The van der Waals surface area contributed by atoms with Crippen LogP contribution in [0.2, 0.25) is 0 Å². The van der Waals surface area contributed by atoms with Gasteiger partial charge >= 0.3 is 0 Å². The van der Waals surface area contributed by atoms with Crippen LogP contribution in [0.15, 0.2) is 35.1 Å². The van der Waals surface area contributed by atoms with Crippen molar-refractivity contribution in [3.8, 4) is 0 Å². The normalized spacial score (nSPS) is 17.5. The van der Waals surface area contributed by atoms with E-state index in [9.17, 15) is 4.79 Å². The number of aromatic amines is 1. The SMILES string of the molecule is CC1CCCN(c2ccc(Nc3nc(CSC(C)C)cc(=O)[nH]3)cc2)C1. The fraction of sp³-hybridized carbons (Fsp3) is 0.500. The van der Waals surface area contributed by atoms with Crippen LogP contribution in [-0.4, -0.2) is 28.3 Å². The molecule has 1 aliphatic heterocycles. The molecule has 2 aromatic rings. The first-order chi connectivity index (χ1) is 12.5. The summed E-state index contributed by atoms with van der Waals surface area (Å²) in [5.74, 6) is 1.99. The van der Waals surface area contributed by atoms with Gasteiger partial charge in [0, 0.05) is 36.3 Å². The van der Waals surface area contributed by atoms with E-state index in [1.165, 1.54) is 18.5 Å². The minimum absolute atomic E-state index is 0.124. The number of anilines is 3. The van der Waals surface area contributed by atoms with Crippen molar-refractivity contribution in [2.45, 2.75) is 44.6 Å². The van der Waals surface area contributed by atoms with Crippen LogP contribution < -0.4 is 15.8 Å². The average molecular weight is 373 g/mol. The lowest BCUT2D eigenvalue weighted by Crippen LogP contribution is -2.34. The van der Waals surface area contributed by atoms with Crippen molar-refractivity contribution in [2.75, 3.05) is 23.3 Å². The van der Waals surface area contributed by atoms with Crippen LogP contribution in [0.25, 0.3) is 0 Å². The topological polar surface area (TPSA) is 61.0 Å². The summed E-state index contributed by atoms with van der Waals surface area (Å²) in [5, 5.41) is 3.73. The van der Waals surface area contributed by atoms with Crippen molar-refractivity contribution >= 4 is 29.1 Å². The summed E-state index contributed by atoms with van der Waals surface area (Å²) in [4.78, 5) is 21.6. The molecule has 140 valence electrons. The fourth-order valence-corrected chi connectivity index (χ4v) is 3.86. The highest BCUT2D eigenvalue weighted by molar-refractivity contribution is 7.99. The van der Waals surface area contributed by atoms with Crippen LogP contribution >= 0.6 is 11.8 Å². The van der Waals surface area contributed by atoms with Crippen LogP contribution in [0, 0.1) is 5.92 Å². The lowest BCUT2D eigenvalue weighted by Gasteiger charge is -2.32. The van der Waals surface area contributed by atoms with Crippen molar-refractivity contribution in [1.29, 1.82) is 0 Å². The zero-order chi connectivity index (χ0) is 18.5. The molecule has 5 nitrogen and oxygen atoms in total. The molecule has 1 aliphatic rings. The van der Waals surface area contributed by atoms with E-state index in [0.29, 0.717) is 11.2 Å². The average Bonchev–Trinajstić information content (AvgIpc) is 2.60. The monoisotopic (exact) mass is 372 g/mol. The molecule has 3 rings (SSSR count). The highest BCUT2D eigenvalue weighted by Gasteiger charge is 2.16. The Labute approximate surface area is 159 Å². The molecule has 0 aliphatic carbocycles. The van der Waals surface area contributed by atoms with Gasteiger partial charge in [0.25, 0.3) is 5.56 Å². The van der Waals surface area contributed by atoms with E-state index >= 15 is 0 Å². The summed E-state index contributed by atoms with van der Waals surface area (Å²) in [6.07, 6.45) is 2.58. The highest BCUT2D eigenvalue weighted by atomic mass is 32.2. The number of aromatic nitrogens is 2. The predicted molar refractivity (Wildman–Crippen MR) is 112 cm³/mol. The van der Waals surface area contributed by atoms with Crippen LogP contribution in [0.3, 0.4) is 0 Å². The van der Waals surface area contributed by atoms with Crippen LogP contribution in [0.4, 0.5) is 17.3 Å². The second kappa shape index (κ2) is 8.62. The van der Waals surface area contributed by atoms with E-state index in [2.05, 4.69) is 53.1 Å². The first-order valence-electron chi connectivity index (χ1n) is 9.33. The molecule has 0 bridgehead atoms. The number of nitrogens with one attached hydrogen (secondary N) is 2. The van der Waals surface area contributed by atoms with E-state index in [4.69, 9.17) is 0 Å². The Balaban J connectivity index is 1.68. The molecule has 0 radical (unpaired) electrons. The molecular weight excluding hydrogens is 344 g/mol. The Hall–Kier alpha value is -1.95. The van der Waals surface area contributed by atoms with Gasteiger partial charge in [-0.3, -0.25) is 9.78 Å². The quantitative estimate of drug-likeness (QED) is 0.787. The minimum atomic E-state index is -0.124. The van der Waals surface area contributed by atoms with E-state index in [1.807, 2.05) is 12.1 Å². The first-order valence-corrected chi connectivity index (χ1v) is 10.4. The minimum Gasteiger partial charge on any atom is -0.371 e. The van der Waals surface area contributed by atoms with Gasteiger partial charge in [-0.25, -0.2) is 4.98 Å². The molecule has 0 amide bonds. The number of nitrogens with zero attached hydrogens (tertiary/aromatic N) is 2. The lowest BCUT2D eigenvalue weighted by molar-refractivity contribution is 0.447. The van der Waals surface area contributed by atoms with E-state index in [-0.39, 0.29) is 5.56 Å². The van der Waals surface area contributed by atoms with Gasteiger partial charge in [-0.2, -0.15) is 11.8 Å². The Bertz CT molecular complexity index is 772. The molecule has 0 saturated carbocycles. The second-order valence-corrected chi connectivity index (χ2v) is 8.88. The van der Waals surface area contributed by atoms with Crippen molar-refractivity contribution in [3.63, 3.8) is 0 Å². The van der Waals surface area contributed by atoms with Gasteiger partial charge in [0.05, 0.1) is 5.69 Å². The molecule has 6 heteroatoms. The standard InChI is InChI=1S/C20H28N4OS/c1-14(2)26-13-17-11-19(25)23-20(22-17)21-16-6-8-18(9-7-16)24-10-4-5-15(3)12-24/h6-9,11,14-15H,4-5,10,12-13H2,1-3H3,(H2,21,22,23,25). The lowest BCUT2D eigenvalue weighted by atomic mass is 10.00. The molecule has 1 saturated heterocycles. The van der Waals surface area contributed by atoms with Gasteiger partial charge in [-0.05, 0) is 48.3 Å². The molecular formula is C20H28N4OS.